The molecule has 138 valence electrons. The van der Waals surface area contributed by atoms with Crippen molar-refractivity contribution in [1.29, 1.82) is 0 Å². The number of hydrogen-bond donors (Lipinski definition) is 1. The highest BCUT2D eigenvalue weighted by Crippen LogP contribution is 2.26. The first-order valence-electron chi connectivity index (χ1n) is 8.55. The first-order chi connectivity index (χ1) is 13.2. The van der Waals surface area contributed by atoms with Crippen LogP contribution in [0.5, 0.6) is 5.88 Å². The fourth-order valence-electron chi connectivity index (χ4n) is 3.07. The van der Waals surface area contributed by atoms with Gasteiger partial charge in [0.1, 0.15) is 18.2 Å². The summed E-state index contributed by atoms with van der Waals surface area (Å²) in [7, 11) is 1.56. The van der Waals surface area contributed by atoms with Gasteiger partial charge in [0.15, 0.2) is 0 Å². The Morgan fingerprint density at radius 3 is 3.00 bits per heavy atom. The number of fused-ring (bicyclic) bond motifs is 1. The standard InChI is InChI=1S/C18H19N7O2/c1-27-17-8-16(21-12-22-17)24-10-14-5-7-23-25(14)15(11-24)18(26)20-9-13-4-2-3-6-19-13/h2-8,12,15H,9-11H2,1H3,(H,20,26)/t15-/m1/s1. The molecule has 3 aromatic rings. The van der Waals surface area contributed by atoms with Gasteiger partial charge in [0.2, 0.25) is 11.8 Å². The summed E-state index contributed by atoms with van der Waals surface area (Å²) in [6, 6.07) is 8.81. The fraction of sp³-hybridized carbons (Fsp3) is 0.278. The zero-order valence-electron chi connectivity index (χ0n) is 14.8. The number of carbonyl (C=O) groups is 1. The van der Waals surface area contributed by atoms with E-state index < -0.39 is 6.04 Å². The second kappa shape index (κ2) is 7.40. The maximum atomic E-state index is 12.8. The zero-order chi connectivity index (χ0) is 18.6. The van der Waals surface area contributed by atoms with Gasteiger partial charge >= 0.3 is 0 Å². The van der Waals surface area contributed by atoms with Crippen LogP contribution in [0.3, 0.4) is 0 Å². The van der Waals surface area contributed by atoms with E-state index >= 15 is 0 Å². The van der Waals surface area contributed by atoms with Crippen molar-refractivity contribution < 1.29 is 9.53 Å². The molecule has 1 aliphatic rings. The van der Waals surface area contributed by atoms with Gasteiger partial charge < -0.3 is 15.0 Å². The third-order valence-corrected chi connectivity index (χ3v) is 4.43. The highest BCUT2D eigenvalue weighted by atomic mass is 16.5. The van der Waals surface area contributed by atoms with Gasteiger partial charge in [-0.1, -0.05) is 6.07 Å². The number of hydrogen-bond acceptors (Lipinski definition) is 7. The highest BCUT2D eigenvalue weighted by Gasteiger charge is 2.31. The lowest BCUT2D eigenvalue weighted by Crippen LogP contribution is -2.45. The van der Waals surface area contributed by atoms with Crippen LogP contribution >= 0.6 is 0 Å². The van der Waals surface area contributed by atoms with Crippen LogP contribution in [0, 0.1) is 0 Å². The molecule has 3 aromatic heterocycles. The van der Waals surface area contributed by atoms with Gasteiger partial charge in [0, 0.05) is 18.5 Å². The first-order valence-corrected chi connectivity index (χ1v) is 8.55. The van der Waals surface area contributed by atoms with Crippen molar-refractivity contribution in [2.24, 2.45) is 0 Å². The van der Waals surface area contributed by atoms with Crippen LogP contribution in [0.2, 0.25) is 0 Å². The molecule has 0 saturated heterocycles. The van der Waals surface area contributed by atoms with E-state index in [1.165, 1.54) is 6.33 Å². The Hall–Kier alpha value is -3.49. The van der Waals surface area contributed by atoms with E-state index in [1.807, 2.05) is 29.2 Å². The zero-order valence-corrected chi connectivity index (χ0v) is 14.8. The maximum Gasteiger partial charge on any atom is 0.247 e. The van der Waals surface area contributed by atoms with Crippen LogP contribution in [0.1, 0.15) is 17.4 Å². The molecule has 4 heterocycles. The van der Waals surface area contributed by atoms with Crippen molar-refractivity contribution in [3.8, 4) is 5.88 Å². The summed E-state index contributed by atoms with van der Waals surface area (Å²) in [6.07, 6.45) is 4.87. The van der Waals surface area contributed by atoms with E-state index in [0.717, 1.165) is 11.4 Å². The van der Waals surface area contributed by atoms with E-state index in [4.69, 9.17) is 4.74 Å². The quantitative estimate of drug-likeness (QED) is 0.719. The van der Waals surface area contributed by atoms with Crippen molar-refractivity contribution in [3.05, 3.63) is 60.4 Å². The average Bonchev–Trinajstić information content (AvgIpc) is 3.21. The maximum absolute atomic E-state index is 12.8. The monoisotopic (exact) mass is 365 g/mol. The molecule has 1 atom stereocenters. The minimum atomic E-state index is -0.464. The van der Waals surface area contributed by atoms with E-state index in [1.54, 1.807) is 30.3 Å². The molecule has 1 aliphatic heterocycles. The summed E-state index contributed by atoms with van der Waals surface area (Å²) in [5, 5.41) is 7.28. The smallest absolute Gasteiger partial charge is 0.247 e. The lowest BCUT2D eigenvalue weighted by Gasteiger charge is -2.33. The Morgan fingerprint density at radius 1 is 1.26 bits per heavy atom. The predicted molar refractivity (Wildman–Crippen MR) is 97.0 cm³/mol. The van der Waals surface area contributed by atoms with E-state index in [9.17, 15) is 4.79 Å². The Labute approximate surface area is 156 Å². The molecule has 1 N–H and O–H groups in total. The number of aromatic nitrogens is 5. The molecule has 9 nitrogen and oxygen atoms in total. The van der Waals surface area contributed by atoms with Crippen molar-refractivity contribution in [3.63, 3.8) is 0 Å². The molecule has 0 spiro atoms. The topological polar surface area (TPSA) is 98.1 Å². The number of anilines is 1. The summed E-state index contributed by atoms with van der Waals surface area (Å²) < 4.78 is 6.95. The van der Waals surface area contributed by atoms with Gasteiger partial charge in [-0.25, -0.2) is 9.97 Å². The summed E-state index contributed by atoms with van der Waals surface area (Å²) in [5.74, 6) is 1.07. The SMILES string of the molecule is COc1cc(N2Cc3ccnn3[C@@H](C(=O)NCc3ccccn3)C2)ncn1. The molecule has 0 fully saturated rings. The van der Waals surface area contributed by atoms with Gasteiger partial charge in [-0.3, -0.25) is 14.5 Å². The van der Waals surface area contributed by atoms with Gasteiger partial charge in [0.05, 0.1) is 38.1 Å². The van der Waals surface area contributed by atoms with Gasteiger partial charge in [0.25, 0.3) is 0 Å². The Bertz CT molecular complexity index is 928. The number of ether oxygens (including phenoxy) is 1. The minimum absolute atomic E-state index is 0.115. The van der Waals surface area contributed by atoms with Crippen LogP contribution in [-0.2, 0) is 17.9 Å². The van der Waals surface area contributed by atoms with Gasteiger partial charge in [-0.2, -0.15) is 5.10 Å². The van der Waals surface area contributed by atoms with Crippen LogP contribution in [0.25, 0.3) is 0 Å². The minimum Gasteiger partial charge on any atom is -0.481 e. The second-order valence-electron chi connectivity index (χ2n) is 6.12. The van der Waals surface area contributed by atoms with Crippen molar-refractivity contribution in [2.75, 3.05) is 18.6 Å². The van der Waals surface area contributed by atoms with E-state index in [2.05, 4.69) is 25.4 Å². The van der Waals surface area contributed by atoms with Crippen LogP contribution in [-0.4, -0.2) is 44.3 Å². The average molecular weight is 365 g/mol. The number of carbonyl (C=O) groups excluding carboxylic acids is 1. The van der Waals surface area contributed by atoms with Crippen molar-refractivity contribution in [1.82, 2.24) is 30.0 Å². The number of amides is 1. The Balaban J connectivity index is 1.53. The molecule has 0 saturated carbocycles. The molecule has 0 unspecified atom stereocenters. The molecule has 0 aromatic carbocycles. The summed E-state index contributed by atoms with van der Waals surface area (Å²) in [4.78, 5) is 27.5. The summed E-state index contributed by atoms with van der Waals surface area (Å²) in [6.45, 7) is 1.42. The van der Waals surface area contributed by atoms with E-state index in [0.29, 0.717) is 31.3 Å². The second-order valence-corrected chi connectivity index (χ2v) is 6.12. The molecule has 9 heteroatoms. The van der Waals surface area contributed by atoms with Gasteiger partial charge in [-0.05, 0) is 18.2 Å². The normalized spacial score (nSPS) is 15.9. The fourth-order valence-corrected chi connectivity index (χ4v) is 3.07. The highest BCUT2D eigenvalue weighted by molar-refractivity contribution is 5.81. The molecular weight excluding hydrogens is 346 g/mol. The third kappa shape index (κ3) is 3.57. The molecule has 0 aliphatic carbocycles. The Morgan fingerprint density at radius 2 is 2.19 bits per heavy atom. The van der Waals surface area contributed by atoms with Gasteiger partial charge in [-0.15, -0.1) is 0 Å². The van der Waals surface area contributed by atoms with Crippen LogP contribution in [0.15, 0.2) is 49.1 Å². The molecule has 0 bridgehead atoms. The predicted octanol–water partition coefficient (Wildman–Crippen LogP) is 0.954. The Kier molecular flexibility index (Phi) is 4.65. The number of pyridine rings is 1. The lowest BCUT2D eigenvalue weighted by atomic mass is 10.1. The van der Waals surface area contributed by atoms with Crippen molar-refractivity contribution in [2.45, 2.75) is 19.1 Å². The summed E-state index contributed by atoms with van der Waals surface area (Å²) >= 11 is 0. The molecular formula is C18H19N7O2. The molecule has 27 heavy (non-hydrogen) atoms. The number of nitrogens with one attached hydrogen (secondary N) is 1. The first kappa shape index (κ1) is 17.0. The molecule has 4 rings (SSSR count). The third-order valence-electron chi connectivity index (χ3n) is 4.43. The lowest BCUT2D eigenvalue weighted by molar-refractivity contribution is -0.124. The molecule has 0 radical (unpaired) electrons. The van der Waals surface area contributed by atoms with Crippen molar-refractivity contribution >= 4 is 11.7 Å². The molecule has 1 amide bonds. The number of nitrogens with zero attached hydrogens (tertiary/aromatic N) is 6. The van der Waals surface area contributed by atoms with Crippen LogP contribution < -0.4 is 15.0 Å². The van der Waals surface area contributed by atoms with Crippen LogP contribution in [0.4, 0.5) is 5.82 Å². The largest absolute Gasteiger partial charge is 0.481 e. The number of methoxy groups -OCH3 is 1. The summed E-state index contributed by atoms with van der Waals surface area (Å²) in [5.41, 5.74) is 1.75. The van der Waals surface area contributed by atoms with E-state index in [-0.39, 0.29) is 5.91 Å². The number of rotatable bonds is 5.